The van der Waals surface area contributed by atoms with Gasteiger partial charge in [-0.25, -0.2) is 15.8 Å². The molecule has 0 saturated carbocycles. The molecular formula is C12H14N4O2. The number of nitrogens with zero attached hydrogens (tertiary/aromatic N) is 2. The summed E-state index contributed by atoms with van der Waals surface area (Å²) < 4.78 is 10.9. The summed E-state index contributed by atoms with van der Waals surface area (Å²) in [6, 6.07) is 11.2. The minimum absolute atomic E-state index is 0.399. The summed E-state index contributed by atoms with van der Waals surface area (Å²) in [4.78, 5) is 7.82. The van der Waals surface area contributed by atoms with E-state index in [2.05, 4.69) is 15.4 Å². The Morgan fingerprint density at radius 2 is 1.83 bits per heavy atom. The molecule has 1 aromatic carbocycles. The van der Waals surface area contributed by atoms with Crippen LogP contribution in [0.3, 0.4) is 0 Å². The number of anilines is 1. The summed E-state index contributed by atoms with van der Waals surface area (Å²) in [5.74, 6) is 7.00. The Morgan fingerprint density at radius 1 is 1.06 bits per heavy atom. The fourth-order valence-electron chi connectivity index (χ4n) is 1.32. The Balaban J connectivity index is 1.75. The van der Waals surface area contributed by atoms with Gasteiger partial charge in [0, 0.05) is 6.07 Å². The van der Waals surface area contributed by atoms with Gasteiger partial charge in [0.1, 0.15) is 31.1 Å². The van der Waals surface area contributed by atoms with Crippen molar-refractivity contribution in [1.82, 2.24) is 9.97 Å². The number of nitrogens with one attached hydrogen (secondary N) is 1. The zero-order chi connectivity index (χ0) is 12.6. The van der Waals surface area contributed by atoms with E-state index in [0.717, 1.165) is 5.75 Å². The smallest absolute Gasteiger partial charge is 0.218 e. The number of hydrogen-bond acceptors (Lipinski definition) is 6. The van der Waals surface area contributed by atoms with E-state index < -0.39 is 0 Å². The summed E-state index contributed by atoms with van der Waals surface area (Å²) in [6.45, 7) is 0.843. The third-order valence-corrected chi connectivity index (χ3v) is 2.14. The molecule has 3 N–H and O–H groups in total. The molecule has 94 valence electrons. The van der Waals surface area contributed by atoms with Crippen LogP contribution in [-0.2, 0) is 0 Å². The standard InChI is InChI=1S/C12H14N4O2/c13-16-11-8-12(15-9-14-11)18-7-6-17-10-4-2-1-3-5-10/h1-5,8-9H,6-7,13H2,(H,14,15,16). The number of rotatable bonds is 6. The molecule has 2 aromatic rings. The Hall–Kier alpha value is -2.34. The molecule has 0 spiro atoms. The van der Waals surface area contributed by atoms with Crippen molar-refractivity contribution in [3.63, 3.8) is 0 Å². The van der Waals surface area contributed by atoms with Gasteiger partial charge in [0.2, 0.25) is 5.88 Å². The van der Waals surface area contributed by atoms with Gasteiger partial charge in [-0.1, -0.05) is 18.2 Å². The van der Waals surface area contributed by atoms with Crippen molar-refractivity contribution in [1.29, 1.82) is 0 Å². The quantitative estimate of drug-likeness (QED) is 0.453. The second-order valence-corrected chi connectivity index (χ2v) is 3.40. The lowest BCUT2D eigenvalue weighted by Gasteiger charge is -2.07. The van der Waals surface area contributed by atoms with E-state index in [9.17, 15) is 0 Å². The van der Waals surface area contributed by atoms with Gasteiger partial charge in [-0.3, -0.25) is 0 Å². The summed E-state index contributed by atoms with van der Waals surface area (Å²) in [5, 5.41) is 0. The minimum Gasteiger partial charge on any atom is -0.490 e. The molecule has 0 aliphatic heterocycles. The molecule has 0 aliphatic rings. The van der Waals surface area contributed by atoms with Crippen molar-refractivity contribution in [2.75, 3.05) is 18.6 Å². The molecule has 6 nitrogen and oxygen atoms in total. The van der Waals surface area contributed by atoms with Crippen LogP contribution in [-0.4, -0.2) is 23.2 Å². The van der Waals surface area contributed by atoms with Crippen LogP contribution in [0.5, 0.6) is 11.6 Å². The molecule has 0 radical (unpaired) electrons. The zero-order valence-corrected chi connectivity index (χ0v) is 9.74. The lowest BCUT2D eigenvalue weighted by atomic mass is 10.3. The average Bonchev–Trinajstić information content (AvgIpc) is 2.45. The van der Waals surface area contributed by atoms with Gasteiger partial charge in [0.25, 0.3) is 0 Å². The third kappa shape index (κ3) is 3.60. The van der Waals surface area contributed by atoms with Crippen LogP contribution in [0, 0.1) is 0 Å². The highest BCUT2D eigenvalue weighted by Gasteiger charge is 1.98. The molecule has 0 atom stereocenters. The maximum atomic E-state index is 5.48. The summed E-state index contributed by atoms with van der Waals surface area (Å²) in [5.41, 5.74) is 2.42. The van der Waals surface area contributed by atoms with Crippen molar-refractivity contribution >= 4 is 5.82 Å². The lowest BCUT2D eigenvalue weighted by molar-refractivity contribution is 0.212. The van der Waals surface area contributed by atoms with Crippen LogP contribution < -0.4 is 20.7 Å². The van der Waals surface area contributed by atoms with E-state index in [0.29, 0.717) is 24.9 Å². The fourth-order valence-corrected chi connectivity index (χ4v) is 1.32. The highest BCUT2D eigenvalue weighted by molar-refractivity contribution is 5.35. The first-order valence-corrected chi connectivity index (χ1v) is 5.48. The van der Waals surface area contributed by atoms with Gasteiger partial charge in [0.15, 0.2) is 0 Å². The summed E-state index contributed by atoms with van der Waals surface area (Å²) >= 11 is 0. The predicted octanol–water partition coefficient (Wildman–Crippen LogP) is 1.22. The van der Waals surface area contributed by atoms with Crippen molar-refractivity contribution in [2.24, 2.45) is 5.84 Å². The SMILES string of the molecule is NNc1cc(OCCOc2ccccc2)ncn1. The maximum absolute atomic E-state index is 5.48. The lowest BCUT2D eigenvalue weighted by Crippen LogP contribution is -2.11. The highest BCUT2D eigenvalue weighted by Crippen LogP contribution is 2.10. The van der Waals surface area contributed by atoms with Crippen LogP contribution in [0.1, 0.15) is 0 Å². The van der Waals surface area contributed by atoms with Crippen molar-refractivity contribution in [2.45, 2.75) is 0 Å². The molecule has 0 bridgehead atoms. The highest BCUT2D eigenvalue weighted by atomic mass is 16.5. The maximum Gasteiger partial charge on any atom is 0.218 e. The first-order chi connectivity index (χ1) is 8.88. The first kappa shape index (κ1) is 12.1. The van der Waals surface area contributed by atoms with Crippen LogP contribution in [0.4, 0.5) is 5.82 Å². The number of hydrazine groups is 1. The molecule has 2 rings (SSSR count). The minimum atomic E-state index is 0.399. The van der Waals surface area contributed by atoms with Crippen molar-refractivity contribution in [3.05, 3.63) is 42.7 Å². The van der Waals surface area contributed by atoms with Crippen LogP contribution >= 0.6 is 0 Å². The van der Waals surface area contributed by atoms with E-state index in [1.54, 1.807) is 6.07 Å². The zero-order valence-electron chi connectivity index (χ0n) is 9.74. The Bertz CT molecular complexity index is 479. The number of hydrogen-bond donors (Lipinski definition) is 2. The molecule has 0 amide bonds. The number of para-hydroxylation sites is 1. The number of benzene rings is 1. The molecule has 18 heavy (non-hydrogen) atoms. The first-order valence-electron chi connectivity index (χ1n) is 5.48. The molecular weight excluding hydrogens is 232 g/mol. The largest absolute Gasteiger partial charge is 0.490 e. The monoisotopic (exact) mass is 246 g/mol. The average molecular weight is 246 g/mol. The van der Waals surface area contributed by atoms with E-state index in [1.807, 2.05) is 30.3 Å². The van der Waals surface area contributed by atoms with E-state index >= 15 is 0 Å². The predicted molar refractivity (Wildman–Crippen MR) is 67.3 cm³/mol. The van der Waals surface area contributed by atoms with Crippen LogP contribution in [0.2, 0.25) is 0 Å². The third-order valence-electron chi connectivity index (χ3n) is 2.14. The molecule has 1 aromatic heterocycles. The van der Waals surface area contributed by atoms with Crippen LogP contribution in [0.15, 0.2) is 42.7 Å². The van der Waals surface area contributed by atoms with Gasteiger partial charge < -0.3 is 14.9 Å². The van der Waals surface area contributed by atoms with Gasteiger partial charge >= 0.3 is 0 Å². The Morgan fingerprint density at radius 3 is 2.61 bits per heavy atom. The number of ether oxygens (including phenoxy) is 2. The molecule has 0 unspecified atom stereocenters. The second-order valence-electron chi connectivity index (χ2n) is 3.40. The van der Waals surface area contributed by atoms with E-state index in [1.165, 1.54) is 6.33 Å². The van der Waals surface area contributed by atoms with Gasteiger partial charge in [-0.05, 0) is 12.1 Å². The van der Waals surface area contributed by atoms with E-state index in [4.69, 9.17) is 15.3 Å². The van der Waals surface area contributed by atoms with Crippen LogP contribution in [0.25, 0.3) is 0 Å². The molecule has 0 saturated heterocycles. The fraction of sp³-hybridized carbons (Fsp3) is 0.167. The Labute approximate surface area is 105 Å². The molecule has 6 heteroatoms. The number of nitrogen functional groups attached to an aromatic ring is 1. The van der Waals surface area contributed by atoms with Crippen molar-refractivity contribution in [3.8, 4) is 11.6 Å². The topological polar surface area (TPSA) is 82.3 Å². The normalized spacial score (nSPS) is 9.83. The molecule has 1 heterocycles. The van der Waals surface area contributed by atoms with Crippen molar-refractivity contribution < 1.29 is 9.47 Å². The Kier molecular flexibility index (Phi) is 4.32. The number of nitrogens with two attached hydrogens (primary N) is 1. The van der Waals surface area contributed by atoms with E-state index in [-0.39, 0.29) is 0 Å². The van der Waals surface area contributed by atoms with Gasteiger partial charge in [0.05, 0.1) is 0 Å². The summed E-state index contributed by atoms with van der Waals surface area (Å²) in [7, 11) is 0. The summed E-state index contributed by atoms with van der Waals surface area (Å²) in [6.07, 6.45) is 1.38. The van der Waals surface area contributed by atoms with Gasteiger partial charge in [-0.15, -0.1) is 0 Å². The second kappa shape index (κ2) is 6.41. The number of aromatic nitrogens is 2. The molecule has 0 aliphatic carbocycles. The molecule has 0 fully saturated rings. The van der Waals surface area contributed by atoms with Gasteiger partial charge in [-0.2, -0.15) is 0 Å².